The highest BCUT2D eigenvalue weighted by Gasteiger charge is 2.21. The topological polar surface area (TPSA) is 52.9 Å². The smallest absolute Gasteiger partial charge is 0.138 e. The Balaban J connectivity index is 0.000000771. The summed E-state index contributed by atoms with van der Waals surface area (Å²) in [6.45, 7) is 5.58. The Morgan fingerprint density at radius 3 is 2.56 bits per heavy atom. The van der Waals surface area contributed by atoms with Gasteiger partial charge in [0.05, 0.1) is 11.6 Å². The maximum atomic E-state index is 11.6. The molecule has 0 amide bonds. The lowest BCUT2D eigenvalue weighted by Gasteiger charge is -2.21. The number of hydrogen-bond donors (Lipinski definition) is 1. The molecular formula is C15H20N2O. The number of nitrogens with zero attached hydrogens (tertiary/aromatic N) is 1. The van der Waals surface area contributed by atoms with Crippen LogP contribution in [-0.2, 0) is 11.2 Å². The predicted molar refractivity (Wildman–Crippen MR) is 72.2 cm³/mol. The van der Waals surface area contributed by atoms with Crippen LogP contribution < -0.4 is 5.32 Å². The molecule has 1 atom stereocenters. The van der Waals surface area contributed by atoms with Crippen molar-refractivity contribution in [3.05, 3.63) is 35.4 Å². The molecule has 1 fully saturated rings. The molecule has 0 bridgehead atoms. The van der Waals surface area contributed by atoms with Crippen molar-refractivity contribution < 1.29 is 4.79 Å². The van der Waals surface area contributed by atoms with Crippen molar-refractivity contribution in [2.45, 2.75) is 26.7 Å². The van der Waals surface area contributed by atoms with E-state index in [0.717, 1.165) is 25.1 Å². The first-order valence-corrected chi connectivity index (χ1v) is 6.52. The Morgan fingerprint density at radius 2 is 2.00 bits per heavy atom. The molecule has 1 saturated heterocycles. The van der Waals surface area contributed by atoms with Crippen LogP contribution in [-0.4, -0.2) is 18.9 Å². The summed E-state index contributed by atoms with van der Waals surface area (Å²) >= 11 is 0. The second-order valence-electron chi connectivity index (χ2n) is 4.13. The number of piperidine rings is 1. The van der Waals surface area contributed by atoms with Crippen molar-refractivity contribution in [1.29, 1.82) is 5.26 Å². The predicted octanol–water partition coefficient (Wildman–Crippen LogP) is 2.31. The normalized spacial score (nSPS) is 18.5. The van der Waals surface area contributed by atoms with Crippen molar-refractivity contribution in [3.8, 4) is 6.07 Å². The minimum Gasteiger partial charge on any atom is -0.316 e. The average molecular weight is 244 g/mol. The van der Waals surface area contributed by atoms with E-state index in [-0.39, 0.29) is 5.92 Å². The first-order valence-electron chi connectivity index (χ1n) is 6.52. The molecule has 1 aromatic carbocycles. The Labute approximate surface area is 109 Å². The summed E-state index contributed by atoms with van der Waals surface area (Å²) < 4.78 is 0. The molecule has 96 valence electrons. The van der Waals surface area contributed by atoms with Gasteiger partial charge in [-0.1, -0.05) is 26.0 Å². The van der Waals surface area contributed by atoms with E-state index < -0.39 is 0 Å². The van der Waals surface area contributed by atoms with E-state index in [0.29, 0.717) is 17.8 Å². The number of hydrogen-bond acceptors (Lipinski definition) is 3. The number of ketones is 1. The number of carbonyl (C=O) groups is 1. The highest BCUT2D eigenvalue weighted by molar-refractivity contribution is 5.82. The van der Waals surface area contributed by atoms with Gasteiger partial charge >= 0.3 is 0 Å². The summed E-state index contributed by atoms with van der Waals surface area (Å²) in [6.07, 6.45) is 1.42. The molecule has 18 heavy (non-hydrogen) atoms. The van der Waals surface area contributed by atoms with Crippen LogP contribution in [0.25, 0.3) is 0 Å². The average Bonchev–Trinajstić information content (AvgIpc) is 2.44. The van der Waals surface area contributed by atoms with Crippen molar-refractivity contribution >= 4 is 5.78 Å². The van der Waals surface area contributed by atoms with Crippen LogP contribution in [0.5, 0.6) is 0 Å². The molecule has 1 aliphatic heterocycles. The third kappa shape index (κ3) is 3.97. The number of nitriles is 1. The van der Waals surface area contributed by atoms with E-state index in [1.54, 1.807) is 12.1 Å². The molecule has 0 aliphatic carbocycles. The zero-order chi connectivity index (χ0) is 13.4. The van der Waals surface area contributed by atoms with Gasteiger partial charge in [-0.25, -0.2) is 0 Å². The standard InChI is InChI=1S/C13H14N2O.C2H6/c14-8-11-3-1-10(2-4-11)7-12-9-15-6-5-13(12)16;1-2/h1-4,12,15H,5-7,9H2;1-2H3. The van der Waals surface area contributed by atoms with Crippen LogP contribution in [0.1, 0.15) is 31.4 Å². The summed E-state index contributed by atoms with van der Waals surface area (Å²) in [6, 6.07) is 9.55. The summed E-state index contributed by atoms with van der Waals surface area (Å²) in [4.78, 5) is 11.6. The highest BCUT2D eigenvalue weighted by Crippen LogP contribution is 2.14. The molecular weight excluding hydrogens is 224 g/mol. The fourth-order valence-electron chi connectivity index (χ4n) is 1.99. The zero-order valence-electron chi connectivity index (χ0n) is 11.1. The number of rotatable bonds is 2. The van der Waals surface area contributed by atoms with Gasteiger partial charge in [-0.05, 0) is 24.1 Å². The van der Waals surface area contributed by atoms with Crippen molar-refractivity contribution in [2.24, 2.45) is 5.92 Å². The van der Waals surface area contributed by atoms with Gasteiger partial charge in [0.1, 0.15) is 5.78 Å². The van der Waals surface area contributed by atoms with Crippen LogP contribution in [0.15, 0.2) is 24.3 Å². The summed E-state index contributed by atoms with van der Waals surface area (Å²) in [5.41, 5.74) is 1.79. The second kappa shape index (κ2) is 7.62. The largest absolute Gasteiger partial charge is 0.316 e. The lowest BCUT2D eigenvalue weighted by atomic mass is 9.91. The van der Waals surface area contributed by atoms with Crippen LogP contribution in [0, 0.1) is 17.2 Å². The minimum atomic E-state index is 0.0988. The molecule has 0 spiro atoms. The number of nitrogens with one attached hydrogen (secondary N) is 1. The molecule has 0 aromatic heterocycles. The van der Waals surface area contributed by atoms with Crippen molar-refractivity contribution in [2.75, 3.05) is 13.1 Å². The molecule has 1 N–H and O–H groups in total. The summed E-state index contributed by atoms with van der Waals surface area (Å²) in [5, 5.41) is 11.9. The van der Waals surface area contributed by atoms with Gasteiger partial charge in [-0.3, -0.25) is 4.79 Å². The van der Waals surface area contributed by atoms with Gasteiger partial charge in [0.15, 0.2) is 0 Å². The van der Waals surface area contributed by atoms with Crippen LogP contribution >= 0.6 is 0 Å². The summed E-state index contributed by atoms with van der Waals surface area (Å²) in [7, 11) is 0. The van der Waals surface area contributed by atoms with Crippen LogP contribution in [0.4, 0.5) is 0 Å². The van der Waals surface area contributed by atoms with Crippen LogP contribution in [0.2, 0.25) is 0 Å². The lowest BCUT2D eigenvalue weighted by molar-refractivity contribution is -0.123. The Hall–Kier alpha value is -1.66. The first-order chi connectivity index (χ1) is 8.79. The van der Waals surface area contributed by atoms with Crippen molar-refractivity contribution in [3.63, 3.8) is 0 Å². The number of Topliss-reactive ketones (excluding diaryl/α,β-unsaturated/α-hetero) is 1. The summed E-state index contributed by atoms with van der Waals surface area (Å²) in [5.74, 6) is 0.449. The molecule has 2 rings (SSSR count). The zero-order valence-corrected chi connectivity index (χ0v) is 11.1. The lowest BCUT2D eigenvalue weighted by Crippen LogP contribution is -2.37. The maximum absolute atomic E-state index is 11.6. The van der Waals surface area contributed by atoms with E-state index in [9.17, 15) is 4.79 Å². The molecule has 1 heterocycles. The van der Waals surface area contributed by atoms with E-state index in [4.69, 9.17) is 5.26 Å². The fourth-order valence-corrected chi connectivity index (χ4v) is 1.99. The SMILES string of the molecule is CC.N#Cc1ccc(CC2CNCCC2=O)cc1. The molecule has 3 nitrogen and oxygen atoms in total. The van der Waals surface area contributed by atoms with Gasteiger partial charge < -0.3 is 5.32 Å². The molecule has 1 aliphatic rings. The van der Waals surface area contributed by atoms with Gasteiger partial charge in [-0.2, -0.15) is 5.26 Å². The van der Waals surface area contributed by atoms with Gasteiger partial charge in [0.2, 0.25) is 0 Å². The van der Waals surface area contributed by atoms with Crippen molar-refractivity contribution in [1.82, 2.24) is 5.32 Å². The molecule has 0 saturated carbocycles. The number of benzene rings is 1. The Kier molecular flexibility index (Phi) is 6.10. The van der Waals surface area contributed by atoms with Gasteiger partial charge in [0, 0.05) is 25.4 Å². The van der Waals surface area contributed by atoms with Crippen LogP contribution in [0.3, 0.4) is 0 Å². The monoisotopic (exact) mass is 244 g/mol. The third-order valence-corrected chi connectivity index (χ3v) is 2.96. The quantitative estimate of drug-likeness (QED) is 0.868. The van der Waals surface area contributed by atoms with E-state index in [2.05, 4.69) is 11.4 Å². The fraction of sp³-hybridized carbons (Fsp3) is 0.467. The molecule has 1 aromatic rings. The van der Waals surface area contributed by atoms with E-state index in [1.165, 1.54) is 0 Å². The molecule has 1 unspecified atom stereocenters. The Bertz CT molecular complexity index is 417. The highest BCUT2D eigenvalue weighted by atomic mass is 16.1. The molecule has 0 radical (unpaired) electrons. The number of carbonyl (C=O) groups excluding carboxylic acids is 1. The molecule has 3 heteroatoms. The van der Waals surface area contributed by atoms with Gasteiger partial charge in [0.25, 0.3) is 0 Å². The second-order valence-corrected chi connectivity index (χ2v) is 4.13. The third-order valence-electron chi connectivity index (χ3n) is 2.96. The van der Waals surface area contributed by atoms with E-state index >= 15 is 0 Å². The Morgan fingerprint density at radius 1 is 1.33 bits per heavy atom. The van der Waals surface area contributed by atoms with Gasteiger partial charge in [-0.15, -0.1) is 0 Å². The first kappa shape index (κ1) is 14.4. The van der Waals surface area contributed by atoms with E-state index in [1.807, 2.05) is 26.0 Å². The minimum absolute atomic E-state index is 0.0988. The maximum Gasteiger partial charge on any atom is 0.138 e.